The predicted octanol–water partition coefficient (Wildman–Crippen LogP) is 5.21. The molecule has 6 rings (SSSR count). The number of esters is 1. The molecule has 0 radical (unpaired) electrons. The highest BCUT2D eigenvalue weighted by molar-refractivity contribution is 5.95. The van der Waals surface area contributed by atoms with Crippen LogP contribution in [0.25, 0.3) is 22.2 Å². The first-order chi connectivity index (χ1) is 30.3. The zero-order valence-electron chi connectivity index (χ0n) is 39.2. The summed E-state index contributed by atoms with van der Waals surface area (Å²) in [6, 6.07) is 7.50. The van der Waals surface area contributed by atoms with Gasteiger partial charge in [-0.3, -0.25) is 38.8 Å². The Hall–Kier alpha value is -5.57. The molecular formula is C49H68N8O7. The van der Waals surface area contributed by atoms with Gasteiger partial charge in [0.2, 0.25) is 23.6 Å². The molecule has 2 fully saturated rings. The number of aryl methyl sites for hydroxylation is 1. The van der Waals surface area contributed by atoms with Gasteiger partial charge in [0.15, 0.2) is 0 Å². The molecule has 4 atom stereocenters. The number of likely N-dealkylation sites (N-methyl/N-ethyl adjacent to an activating group) is 1. The number of aromatic nitrogens is 2. The highest BCUT2D eigenvalue weighted by Crippen LogP contribution is 2.41. The third-order valence-corrected chi connectivity index (χ3v) is 13.0. The lowest BCUT2D eigenvalue weighted by molar-refractivity contribution is -0.155. The highest BCUT2D eigenvalue weighted by Gasteiger charge is 2.40. The lowest BCUT2D eigenvalue weighted by Crippen LogP contribution is -2.62. The number of rotatable bonds is 9. The van der Waals surface area contributed by atoms with Gasteiger partial charge in [-0.15, -0.1) is 0 Å². The second kappa shape index (κ2) is 20.1. The summed E-state index contributed by atoms with van der Waals surface area (Å²) in [6.07, 6.45) is 4.97. The molecule has 0 spiro atoms. The minimum absolute atomic E-state index is 0.0197. The molecule has 3 aliphatic rings. The molecule has 0 saturated carbocycles. The smallest absolute Gasteiger partial charge is 0.324 e. The summed E-state index contributed by atoms with van der Waals surface area (Å²) in [7, 11) is 3.31. The number of carbonyl (C=O) groups is 6. The van der Waals surface area contributed by atoms with E-state index in [1.165, 1.54) is 16.0 Å². The molecule has 2 saturated heterocycles. The van der Waals surface area contributed by atoms with Gasteiger partial charge in [0.05, 0.1) is 23.9 Å². The van der Waals surface area contributed by atoms with Gasteiger partial charge < -0.3 is 29.3 Å². The molecule has 1 aromatic carbocycles. The summed E-state index contributed by atoms with van der Waals surface area (Å²) in [6.45, 7) is 19.9. The molecule has 5 heterocycles. The maximum atomic E-state index is 14.5. The monoisotopic (exact) mass is 881 g/mol. The van der Waals surface area contributed by atoms with Crippen molar-refractivity contribution in [3.63, 3.8) is 0 Å². The van der Waals surface area contributed by atoms with Gasteiger partial charge >= 0.3 is 5.97 Å². The van der Waals surface area contributed by atoms with Crippen LogP contribution in [-0.4, -0.2) is 123 Å². The van der Waals surface area contributed by atoms with Crippen molar-refractivity contribution in [3.05, 3.63) is 66.0 Å². The van der Waals surface area contributed by atoms with Gasteiger partial charge in [0.25, 0.3) is 5.91 Å². The number of benzene rings is 1. The lowest BCUT2D eigenvalue weighted by atomic mass is 9.84. The van der Waals surface area contributed by atoms with E-state index in [1.807, 2.05) is 32.2 Å². The lowest BCUT2D eigenvalue weighted by Gasteiger charge is -2.37. The number of hydrogen-bond acceptors (Lipinski definition) is 9. The normalized spacial score (nSPS) is 21.7. The number of fused-ring (bicyclic) bond motifs is 3. The van der Waals surface area contributed by atoms with Crippen LogP contribution in [-0.2, 0) is 53.0 Å². The maximum Gasteiger partial charge on any atom is 0.324 e. The molecule has 346 valence electrons. The Morgan fingerprint density at radius 2 is 1.83 bits per heavy atom. The average molecular weight is 881 g/mol. The number of pyridine rings is 1. The standard InChI is InChI=1S/C49H68N8O7/c1-11-40(58)55-24-21-33(28-55)46(61)54(10)43(31(5)6)45(60)51-37-18-20-41(59)53(9)27-32-17-19-39-35(25-32)36(44(56(39)12-2)34-15-13-22-50-42(34)30(3)4)26-49(7,8)29-64-48(63)38-16-14-23-57(52-38)47(37)62/h11,13,15,17,19,22,25,30-31,33,37-38,43,52H,1,12,14,16,18,20-21,23-24,26-29H2,2-10H3,(H,51,60)/t33-,37-,38-,43-/m0/s1. The van der Waals surface area contributed by atoms with Crippen LogP contribution in [0.3, 0.4) is 0 Å². The van der Waals surface area contributed by atoms with Crippen LogP contribution in [0, 0.1) is 17.3 Å². The number of nitrogens with one attached hydrogen (secondary N) is 2. The van der Waals surface area contributed by atoms with Gasteiger partial charge in [0, 0.05) is 81.3 Å². The van der Waals surface area contributed by atoms with Crippen LogP contribution in [0.4, 0.5) is 0 Å². The van der Waals surface area contributed by atoms with Crippen LogP contribution < -0.4 is 10.7 Å². The number of likely N-dealkylation sites (tertiary alicyclic amines) is 1. The van der Waals surface area contributed by atoms with Gasteiger partial charge in [0.1, 0.15) is 18.1 Å². The molecule has 2 N–H and O–H groups in total. The number of hydrazine groups is 1. The van der Waals surface area contributed by atoms with E-state index >= 15 is 0 Å². The molecule has 3 aliphatic heterocycles. The summed E-state index contributed by atoms with van der Waals surface area (Å²) in [5.74, 6) is -2.90. The van der Waals surface area contributed by atoms with Crippen molar-refractivity contribution in [3.8, 4) is 11.3 Å². The van der Waals surface area contributed by atoms with Gasteiger partial charge in [-0.1, -0.05) is 54.2 Å². The molecule has 4 bridgehead atoms. The fourth-order valence-electron chi connectivity index (χ4n) is 9.64. The Morgan fingerprint density at radius 3 is 2.52 bits per heavy atom. The molecule has 15 nitrogen and oxygen atoms in total. The Bertz CT molecular complexity index is 2270. The third-order valence-electron chi connectivity index (χ3n) is 13.0. The third kappa shape index (κ3) is 10.3. The fraction of sp³-hybridized carbons (Fsp3) is 0.571. The molecule has 5 amide bonds. The topological polar surface area (TPSA) is 166 Å². The molecule has 0 unspecified atom stereocenters. The van der Waals surface area contributed by atoms with E-state index < -0.39 is 47.2 Å². The Balaban J connectivity index is 1.32. The van der Waals surface area contributed by atoms with Crippen LogP contribution in [0.2, 0.25) is 0 Å². The number of ether oxygens (including phenoxy) is 1. The van der Waals surface area contributed by atoms with E-state index in [-0.39, 0.29) is 62.1 Å². The Labute approximate surface area is 377 Å². The summed E-state index contributed by atoms with van der Waals surface area (Å²) in [5, 5.41) is 5.34. The molecule has 0 aliphatic carbocycles. The van der Waals surface area contributed by atoms with Crippen molar-refractivity contribution in [2.24, 2.45) is 17.3 Å². The van der Waals surface area contributed by atoms with E-state index in [0.717, 1.165) is 39.0 Å². The van der Waals surface area contributed by atoms with E-state index in [0.29, 0.717) is 45.3 Å². The first-order valence-corrected chi connectivity index (χ1v) is 22.9. The number of amides is 5. The first-order valence-electron chi connectivity index (χ1n) is 22.9. The van der Waals surface area contributed by atoms with E-state index in [9.17, 15) is 28.8 Å². The molecule has 15 heteroatoms. The predicted molar refractivity (Wildman–Crippen MR) is 245 cm³/mol. The van der Waals surface area contributed by atoms with Gasteiger partial charge in [-0.25, -0.2) is 5.43 Å². The largest absolute Gasteiger partial charge is 0.464 e. The second-order valence-corrected chi connectivity index (χ2v) is 19.2. The minimum Gasteiger partial charge on any atom is -0.464 e. The van der Waals surface area contributed by atoms with Crippen LogP contribution in [0.1, 0.15) is 103 Å². The van der Waals surface area contributed by atoms with Gasteiger partial charge in [-0.2, -0.15) is 0 Å². The van der Waals surface area contributed by atoms with E-state index in [2.05, 4.69) is 74.7 Å². The van der Waals surface area contributed by atoms with Crippen LogP contribution in [0.5, 0.6) is 0 Å². The Kier molecular flexibility index (Phi) is 15.0. The zero-order chi connectivity index (χ0) is 46.6. The quantitative estimate of drug-likeness (QED) is 0.217. The maximum absolute atomic E-state index is 14.5. The summed E-state index contributed by atoms with van der Waals surface area (Å²) in [4.78, 5) is 92.1. The number of cyclic esters (lactones) is 1. The summed E-state index contributed by atoms with van der Waals surface area (Å²) in [5.41, 5.74) is 8.83. The van der Waals surface area contributed by atoms with Crippen molar-refractivity contribution in [1.82, 2.24) is 40.0 Å². The molecular weight excluding hydrogens is 813 g/mol. The van der Waals surface area contributed by atoms with Crippen LogP contribution >= 0.6 is 0 Å². The van der Waals surface area contributed by atoms with E-state index in [1.54, 1.807) is 23.9 Å². The number of carbonyl (C=O) groups excluding carboxylic acids is 6. The van der Waals surface area contributed by atoms with Crippen molar-refractivity contribution in [2.75, 3.05) is 40.3 Å². The van der Waals surface area contributed by atoms with Crippen molar-refractivity contribution >= 4 is 46.4 Å². The second-order valence-electron chi connectivity index (χ2n) is 19.2. The van der Waals surface area contributed by atoms with Crippen molar-refractivity contribution in [1.29, 1.82) is 0 Å². The van der Waals surface area contributed by atoms with Crippen molar-refractivity contribution in [2.45, 2.75) is 124 Å². The SMILES string of the molecule is C=CC(=O)N1CC[C@H](C(=O)N(C)[C@H](C(=O)N[C@H]2CCC(=O)N(C)Cc3ccc4c(c3)c(c(-c3cccnc3C(C)C)n4CC)CC(C)(C)COC(=O)[C@@H]3CCCN(N3)C2=O)C(C)C)C1. The fourth-order valence-corrected chi connectivity index (χ4v) is 9.64. The van der Waals surface area contributed by atoms with Gasteiger partial charge in [-0.05, 0) is 92.3 Å². The van der Waals surface area contributed by atoms with E-state index in [4.69, 9.17) is 9.72 Å². The van der Waals surface area contributed by atoms with Crippen LogP contribution in [0.15, 0.2) is 49.2 Å². The number of nitrogens with zero attached hydrogens (tertiary/aromatic N) is 6. The van der Waals surface area contributed by atoms with Crippen molar-refractivity contribution < 1.29 is 33.5 Å². The summed E-state index contributed by atoms with van der Waals surface area (Å²) < 4.78 is 8.42. The first kappa shape index (κ1) is 47.9. The highest BCUT2D eigenvalue weighted by atomic mass is 16.5. The molecule has 3 aromatic rings. The minimum atomic E-state index is -1.15. The average Bonchev–Trinajstić information content (AvgIpc) is 3.88. The zero-order valence-corrected chi connectivity index (χ0v) is 39.2. The number of hydrogen-bond donors (Lipinski definition) is 2. The molecule has 2 aromatic heterocycles. The Morgan fingerprint density at radius 1 is 1.08 bits per heavy atom. The summed E-state index contributed by atoms with van der Waals surface area (Å²) >= 11 is 0. The molecule has 64 heavy (non-hydrogen) atoms.